The van der Waals surface area contributed by atoms with Gasteiger partial charge < -0.3 is 0 Å². The van der Waals surface area contributed by atoms with Crippen molar-refractivity contribution in [1.82, 2.24) is 0 Å². The minimum absolute atomic E-state index is 0.531. The van der Waals surface area contributed by atoms with E-state index < -0.39 is 8.07 Å². The number of fused-ring (bicyclic) bond motifs is 2. The summed E-state index contributed by atoms with van der Waals surface area (Å²) in [7, 11) is -1.99. The van der Waals surface area contributed by atoms with Gasteiger partial charge in [0.15, 0.2) is 0 Å². The molecule has 4 aromatic rings. The van der Waals surface area contributed by atoms with E-state index in [2.05, 4.69) is 124 Å². The van der Waals surface area contributed by atoms with Crippen molar-refractivity contribution >= 4 is 20.2 Å². The second kappa shape index (κ2) is 14.9. The minimum Gasteiger partial charge on any atom is -0.0679 e. The van der Waals surface area contributed by atoms with Crippen LogP contribution in [-0.2, 0) is 0 Å². The molecule has 0 aliphatic heterocycles. The highest BCUT2D eigenvalue weighted by Crippen LogP contribution is 2.56. The first-order valence-corrected chi connectivity index (χ1v) is 24.0. The molecule has 0 N–H and O–H groups in total. The first kappa shape index (κ1) is 34.7. The molecule has 2 atom stereocenters. The molecular weight excluding hydrogens is 629 g/mol. The second-order valence-electron chi connectivity index (χ2n) is 17.2. The van der Waals surface area contributed by atoms with Gasteiger partial charge in [0.1, 0.15) is 0 Å². The van der Waals surface area contributed by atoms with E-state index in [1.54, 1.807) is 33.4 Å². The molecule has 0 bridgehead atoms. The van der Waals surface area contributed by atoms with Gasteiger partial charge in [-0.1, -0.05) is 187 Å². The zero-order valence-electron chi connectivity index (χ0n) is 31.9. The fraction of sp³-hybridized carbons (Fsp3) is 0.440. The maximum atomic E-state index is 2.73. The van der Waals surface area contributed by atoms with Crippen LogP contribution in [0.3, 0.4) is 0 Å². The van der Waals surface area contributed by atoms with E-state index in [9.17, 15) is 0 Å². The summed E-state index contributed by atoms with van der Waals surface area (Å²) >= 11 is 0. The van der Waals surface area contributed by atoms with Crippen molar-refractivity contribution in [2.45, 2.75) is 140 Å². The summed E-state index contributed by atoms with van der Waals surface area (Å²) in [6.45, 7) is 10.2. The molecule has 0 aromatic heterocycles. The summed E-state index contributed by atoms with van der Waals surface area (Å²) in [5, 5.41) is 0. The van der Waals surface area contributed by atoms with Crippen molar-refractivity contribution in [2.24, 2.45) is 0 Å². The van der Waals surface area contributed by atoms with E-state index in [0.717, 1.165) is 11.8 Å². The Labute approximate surface area is 310 Å². The third-order valence-electron chi connectivity index (χ3n) is 13.5. The fourth-order valence-corrected chi connectivity index (χ4v) is 15.9. The van der Waals surface area contributed by atoms with Crippen LogP contribution < -0.4 is 0 Å². The SMILES string of the molecule is CCCC1=Cc2c(-c3ccc(C4CCCCC4)cc3)cccc2C1[Si](C)(C)C1C(CCC)=Cc2c(-c3ccc(C4CCCCC4)cc3)cccc21. The zero-order chi connectivity index (χ0) is 35.0. The molecule has 0 spiro atoms. The molecule has 2 saturated carbocycles. The van der Waals surface area contributed by atoms with Crippen LogP contribution in [0.25, 0.3) is 34.4 Å². The Morgan fingerprint density at radius 1 is 0.490 bits per heavy atom. The molecule has 4 aliphatic rings. The van der Waals surface area contributed by atoms with Gasteiger partial charge in [-0.15, -0.1) is 0 Å². The monoisotopic (exact) mass is 688 g/mol. The summed E-state index contributed by atoms with van der Waals surface area (Å²) in [6, 6.07) is 34.0. The van der Waals surface area contributed by atoms with Crippen LogP contribution in [0.2, 0.25) is 13.1 Å². The van der Waals surface area contributed by atoms with Crippen LogP contribution in [0, 0.1) is 0 Å². The first-order valence-electron chi connectivity index (χ1n) is 20.8. The topological polar surface area (TPSA) is 0 Å². The lowest BCUT2D eigenvalue weighted by atomic mass is 9.83. The van der Waals surface area contributed by atoms with E-state index in [1.807, 2.05) is 0 Å². The maximum Gasteiger partial charge on any atom is 0.0722 e. The summed E-state index contributed by atoms with van der Waals surface area (Å²) in [6.07, 6.45) is 23.9. The van der Waals surface area contributed by atoms with Crippen LogP contribution >= 0.6 is 0 Å². The molecule has 0 saturated heterocycles. The largest absolute Gasteiger partial charge is 0.0722 e. The van der Waals surface area contributed by atoms with Gasteiger partial charge in [0.05, 0.1) is 8.07 Å². The number of rotatable bonds is 10. The van der Waals surface area contributed by atoms with Gasteiger partial charge in [-0.25, -0.2) is 0 Å². The number of benzene rings is 4. The van der Waals surface area contributed by atoms with E-state index >= 15 is 0 Å². The predicted octanol–water partition coefficient (Wildman–Crippen LogP) is 15.2. The Morgan fingerprint density at radius 2 is 0.882 bits per heavy atom. The molecular formula is C50H60Si. The zero-order valence-corrected chi connectivity index (χ0v) is 32.9. The van der Waals surface area contributed by atoms with E-state index in [0.29, 0.717) is 11.1 Å². The quantitative estimate of drug-likeness (QED) is 0.146. The van der Waals surface area contributed by atoms with Gasteiger partial charge in [-0.2, -0.15) is 0 Å². The molecule has 0 nitrogen and oxygen atoms in total. The molecule has 0 heterocycles. The van der Waals surface area contributed by atoms with Crippen molar-refractivity contribution in [3.8, 4) is 22.3 Å². The van der Waals surface area contributed by atoms with Crippen LogP contribution in [0.1, 0.15) is 160 Å². The molecule has 0 amide bonds. The van der Waals surface area contributed by atoms with Gasteiger partial charge in [0.2, 0.25) is 0 Å². The van der Waals surface area contributed by atoms with Gasteiger partial charge >= 0.3 is 0 Å². The van der Waals surface area contributed by atoms with Gasteiger partial charge in [-0.3, -0.25) is 0 Å². The predicted molar refractivity (Wildman–Crippen MR) is 224 cm³/mol. The van der Waals surface area contributed by atoms with Crippen molar-refractivity contribution in [1.29, 1.82) is 0 Å². The van der Waals surface area contributed by atoms with Crippen molar-refractivity contribution in [2.75, 3.05) is 0 Å². The Hall–Kier alpha value is -3.42. The lowest BCUT2D eigenvalue weighted by Gasteiger charge is -2.40. The minimum atomic E-state index is -1.99. The molecule has 51 heavy (non-hydrogen) atoms. The standard InChI is InChI=1S/C50H60Si/c1-5-15-41-33-47-43(39-29-25-37(26-30-39)35-17-9-7-10-18-35)21-13-23-45(47)49(41)51(3,4)50-42(16-6-2)34-48-44(22-14-24-46(48)50)40-31-27-38(28-32-40)36-19-11-8-12-20-36/h13-14,21-36,49-50H,5-12,15-20H2,1-4H3. The molecule has 264 valence electrons. The maximum absolute atomic E-state index is 2.73. The fourth-order valence-electron chi connectivity index (χ4n) is 11.1. The van der Waals surface area contributed by atoms with Crippen molar-refractivity contribution < 1.29 is 0 Å². The normalized spacial score (nSPS) is 20.9. The average Bonchev–Trinajstić information content (AvgIpc) is 3.75. The van der Waals surface area contributed by atoms with Crippen LogP contribution in [-0.4, -0.2) is 8.07 Å². The molecule has 2 fully saturated rings. The highest BCUT2D eigenvalue weighted by atomic mass is 28.3. The van der Waals surface area contributed by atoms with Gasteiger partial charge in [-0.05, 0) is 106 Å². The summed E-state index contributed by atoms with van der Waals surface area (Å²) < 4.78 is 0. The molecule has 8 rings (SSSR count). The van der Waals surface area contributed by atoms with Gasteiger partial charge in [0, 0.05) is 11.1 Å². The number of allylic oxidation sites excluding steroid dienone is 2. The highest BCUT2D eigenvalue weighted by molar-refractivity contribution is 6.81. The summed E-state index contributed by atoms with van der Waals surface area (Å²) in [5.74, 6) is 1.50. The lowest BCUT2D eigenvalue weighted by Crippen LogP contribution is -2.43. The third kappa shape index (κ3) is 6.58. The van der Waals surface area contributed by atoms with Crippen LogP contribution in [0.15, 0.2) is 96.1 Å². The first-order chi connectivity index (χ1) is 25.0. The van der Waals surface area contributed by atoms with E-state index in [1.165, 1.54) is 123 Å². The Morgan fingerprint density at radius 3 is 1.25 bits per heavy atom. The lowest BCUT2D eigenvalue weighted by molar-refractivity contribution is 0.443. The summed E-state index contributed by atoms with van der Waals surface area (Å²) in [5.41, 5.74) is 19.4. The Bertz CT molecular complexity index is 1750. The van der Waals surface area contributed by atoms with Crippen LogP contribution in [0.4, 0.5) is 0 Å². The van der Waals surface area contributed by atoms with E-state index in [4.69, 9.17) is 0 Å². The number of hydrogen-bond acceptors (Lipinski definition) is 0. The molecule has 0 radical (unpaired) electrons. The molecule has 4 aliphatic carbocycles. The van der Waals surface area contributed by atoms with Crippen molar-refractivity contribution in [3.05, 3.63) is 129 Å². The second-order valence-corrected chi connectivity index (χ2v) is 22.0. The molecule has 1 heteroatoms. The molecule has 2 unspecified atom stereocenters. The van der Waals surface area contributed by atoms with E-state index in [-0.39, 0.29) is 0 Å². The Kier molecular flexibility index (Phi) is 10.1. The third-order valence-corrected chi connectivity index (χ3v) is 17.8. The average molecular weight is 689 g/mol. The van der Waals surface area contributed by atoms with Crippen LogP contribution in [0.5, 0.6) is 0 Å². The number of hydrogen-bond donors (Lipinski definition) is 0. The smallest absolute Gasteiger partial charge is 0.0679 e. The summed E-state index contributed by atoms with van der Waals surface area (Å²) in [4.78, 5) is 0. The molecule has 4 aromatic carbocycles. The highest BCUT2D eigenvalue weighted by Gasteiger charge is 2.48. The Balaban J connectivity index is 1.15. The van der Waals surface area contributed by atoms with Crippen molar-refractivity contribution in [3.63, 3.8) is 0 Å². The van der Waals surface area contributed by atoms with Gasteiger partial charge in [0.25, 0.3) is 0 Å².